The SMILES string of the molecule is Cc1cc(F)cc(C(=O)NCC(=O)N[C@@H](CC(C)C)C(=O)O)c1. The minimum atomic E-state index is -1.13. The Morgan fingerprint density at radius 3 is 2.39 bits per heavy atom. The van der Waals surface area contributed by atoms with Crippen LogP contribution in [-0.4, -0.2) is 35.5 Å². The summed E-state index contributed by atoms with van der Waals surface area (Å²) in [5.41, 5.74) is 0.690. The fourth-order valence-electron chi connectivity index (χ4n) is 2.07. The Kier molecular flexibility index (Phi) is 6.68. The Hall–Kier alpha value is -2.44. The van der Waals surface area contributed by atoms with Crippen molar-refractivity contribution in [2.24, 2.45) is 5.92 Å². The molecule has 23 heavy (non-hydrogen) atoms. The molecule has 0 fully saturated rings. The quantitative estimate of drug-likeness (QED) is 0.708. The van der Waals surface area contributed by atoms with Crippen LogP contribution in [0.15, 0.2) is 18.2 Å². The number of carbonyl (C=O) groups excluding carboxylic acids is 2. The van der Waals surface area contributed by atoms with Gasteiger partial charge in [0, 0.05) is 5.56 Å². The first-order chi connectivity index (χ1) is 10.7. The smallest absolute Gasteiger partial charge is 0.326 e. The number of carbonyl (C=O) groups is 3. The number of halogens is 1. The van der Waals surface area contributed by atoms with E-state index in [0.717, 1.165) is 6.07 Å². The molecule has 0 aliphatic carbocycles. The van der Waals surface area contributed by atoms with Crippen molar-refractivity contribution in [1.29, 1.82) is 0 Å². The fourth-order valence-corrected chi connectivity index (χ4v) is 2.07. The number of aliphatic carboxylic acids is 1. The molecule has 0 radical (unpaired) electrons. The highest BCUT2D eigenvalue weighted by Gasteiger charge is 2.21. The van der Waals surface area contributed by atoms with Gasteiger partial charge >= 0.3 is 5.97 Å². The fraction of sp³-hybridized carbons (Fsp3) is 0.438. The highest BCUT2D eigenvalue weighted by atomic mass is 19.1. The molecule has 0 aliphatic rings. The Bertz CT molecular complexity index is 581. The van der Waals surface area contributed by atoms with Crippen LogP contribution in [0.1, 0.15) is 36.2 Å². The van der Waals surface area contributed by atoms with Crippen LogP contribution in [0.5, 0.6) is 0 Å². The zero-order valence-electron chi connectivity index (χ0n) is 13.4. The molecule has 0 aromatic heterocycles. The second-order valence-electron chi connectivity index (χ2n) is 5.79. The zero-order chi connectivity index (χ0) is 17.6. The lowest BCUT2D eigenvalue weighted by Gasteiger charge is -2.16. The molecule has 7 heteroatoms. The lowest BCUT2D eigenvalue weighted by atomic mass is 10.0. The van der Waals surface area contributed by atoms with Crippen molar-refractivity contribution in [2.45, 2.75) is 33.2 Å². The van der Waals surface area contributed by atoms with E-state index in [4.69, 9.17) is 5.11 Å². The molecule has 0 spiro atoms. The molecule has 1 rings (SSSR count). The number of rotatable bonds is 7. The third kappa shape index (κ3) is 6.46. The second kappa shape index (κ2) is 8.26. The molecule has 0 saturated heterocycles. The van der Waals surface area contributed by atoms with Crippen molar-refractivity contribution < 1.29 is 23.9 Å². The van der Waals surface area contributed by atoms with E-state index in [1.54, 1.807) is 6.92 Å². The van der Waals surface area contributed by atoms with E-state index < -0.39 is 29.6 Å². The molecule has 126 valence electrons. The van der Waals surface area contributed by atoms with E-state index in [2.05, 4.69) is 10.6 Å². The van der Waals surface area contributed by atoms with Crippen LogP contribution in [0, 0.1) is 18.7 Å². The van der Waals surface area contributed by atoms with E-state index in [0.29, 0.717) is 5.56 Å². The molecule has 0 aliphatic heterocycles. The van der Waals surface area contributed by atoms with Crippen molar-refractivity contribution in [3.63, 3.8) is 0 Å². The van der Waals surface area contributed by atoms with Crippen molar-refractivity contribution in [1.82, 2.24) is 10.6 Å². The maximum atomic E-state index is 13.2. The van der Waals surface area contributed by atoms with Crippen LogP contribution in [0.25, 0.3) is 0 Å². The lowest BCUT2D eigenvalue weighted by Crippen LogP contribution is -2.46. The predicted octanol–water partition coefficient (Wildman–Crippen LogP) is 1.48. The summed E-state index contributed by atoms with van der Waals surface area (Å²) in [5.74, 6) is -2.78. The summed E-state index contributed by atoms with van der Waals surface area (Å²) < 4.78 is 13.2. The van der Waals surface area contributed by atoms with Gasteiger partial charge in [-0.25, -0.2) is 9.18 Å². The van der Waals surface area contributed by atoms with E-state index in [9.17, 15) is 18.8 Å². The van der Waals surface area contributed by atoms with Gasteiger partial charge in [0.15, 0.2) is 0 Å². The monoisotopic (exact) mass is 324 g/mol. The number of carboxylic acids is 1. The normalized spacial score (nSPS) is 11.9. The first-order valence-corrected chi connectivity index (χ1v) is 7.26. The number of carboxylic acid groups (broad SMARTS) is 1. The van der Waals surface area contributed by atoms with Gasteiger partial charge < -0.3 is 15.7 Å². The summed E-state index contributed by atoms with van der Waals surface area (Å²) in [6.45, 7) is 4.96. The van der Waals surface area contributed by atoms with E-state index in [1.165, 1.54) is 12.1 Å². The molecule has 1 atom stereocenters. The number of amides is 2. The molecular formula is C16H21FN2O4. The third-order valence-electron chi connectivity index (χ3n) is 3.05. The van der Waals surface area contributed by atoms with Gasteiger partial charge in [0.1, 0.15) is 11.9 Å². The molecule has 0 heterocycles. The molecule has 0 unspecified atom stereocenters. The van der Waals surface area contributed by atoms with Gasteiger partial charge in [-0.2, -0.15) is 0 Å². The summed E-state index contributed by atoms with van der Waals surface area (Å²) in [6.07, 6.45) is 0.290. The Labute approximate surface area is 134 Å². The Balaban J connectivity index is 2.57. The average molecular weight is 324 g/mol. The summed E-state index contributed by atoms with van der Waals surface area (Å²) in [4.78, 5) is 34.7. The van der Waals surface area contributed by atoms with Crippen LogP contribution >= 0.6 is 0 Å². The number of hydrogen-bond donors (Lipinski definition) is 3. The van der Waals surface area contributed by atoms with Gasteiger partial charge in [-0.3, -0.25) is 9.59 Å². The lowest BCUT2D eigenvalue weighted by molar-refractivity contribution is -0.142. The standard InChI is InChI=1S/C16H21FN2O4/c1-9(2)4-13(16(22)23)19-14(20)8-18-15(21)11-5-10(3)6-12(17)7-11/h5-7,9,13H,4,8H2,1-3H3,(H,18,21)(H,19,20)(H,22,23)/t13-/m0/s1. The largest absolute Gasteiger partial charge is 0.480 e. The first-order valence-electron chi connectivity index (χ1n) is 7.26. The van der Waals surface area contributed by atoms with Crippen LogP contribution in [0.2, 0.25) is 0 Å². The van der Waals surface area contributed by atoms with Gasteiger partial charge in [0.25, 0.3) is 5.91 Å². The first kappa shape index (κ1) is 18.6. The second-order valence-corrected chi connectivity index (χ2v) is 5.79. The number of aryl methyl sites for hydroxylation is 1. The van der Waals surface area contributed by atoms with Crippen molar-refractivity contribution in [3.8, 4) is 0 Å². The summed E-state index contributed by atoms with van der Waals surface area (Å²) in [7, 11) is 0. The van der Waals surface area contributed by atoms with Crippen LogP contribution in [-0.2, 0) is 9.59 Å². The highest BCUT2D eigenvalue weighted by Crippen LogP contribution is 2.08. The van der Waals surface area contributed by atoms with Crippen LogP contribution < -0.4 is 10.6 Å². The minimum absolute atomic E-state index is 0.0984. The molecule has 2 amide bonds. The topological polar surface area (TPSA) is 95.5 Å². The molecule has 1 aromatic carbocycles. The highest BCUT2D eigenvalue weighted by molar-refractivity contribution is 5.97. The van der Waals surface area contributed by atoms with Crippen LogP contribution in [0.4, 0.5) is 4.39 Å². The van der Waals surface area contributed by atoms with Gasteiger partial charge in [-0.15, -0.1) is 0 Å². The maximum Gasteiger partial charge on any atom is 0.326 e. The predicted molar refractivity (Wildman–Crippen MR) is 82.5 cm³/mol. The molecular weight excluding hydrogens is 303 g/mol. The van der Waals surface area contributed by atoms with Crippen molar-refractivity contribution in [2.75, 3.05) is 6.54 Å². The van der Waals surface area contributed by atoms with Gasteiger partial charge in [0.2, 0.25) is 5.91 Å². The van der Waals surface area contributed by atoms with Crippen molar-refractivity contribution in [3.05, 3.63) is 35.1 Å². The molecule has 0 saturated carbocycles. The summed E-state index contributed by atoms with van der Waals surface area (Å²) >= 11 is 0. The Morgan fingerprint density at radius 1 is 1.22 bits per heavy atom. The molecule has 3 N–H and O–H groups in total. The Morgan fingerprint density at radius 2 is 1.87 bits per heavy atom. The van der Waals surface area contributed by atoms with Gasteiger partial charge in [0.05, 0.1) is 6.54 Å². The number of nitrogens with one attached hydrogen (secondary N) is 2. The van der Waals surface area contributed by atoms with Crippen molar-refractivity contribution >= 4 is 17.8 Å². The molecule has 6 nitrogen and oxygen atoms in total. The van der Waals surface area contributed by atoms with Gasteiger partial charge in [-0.1, -0.05) is 13.8 Å². The van der Waals surface area contributed by atoms with E-state index >= 15 is 0 Å². The number of hydrogen-bond acceptors (Lipinski definition) is 3. The zero-order valence-corrected chi connectivity index (χ0v) is 13.4. The van der Waals surface area contributed by atoms with E-state index in [-0.39, 0.29) is 24.4 Å². The molecule has 0 bridgehead atoms. The van der Waals surface area contributed by atoms with E-state index in [1.807, 2.05) is 13.8 Å². The average Bonchev–Trinajstić information content (AvgIpc) is 2.42. The minimum Gasteiger partial charge on any atom is -0.480 e. The third-order valence-corrected chi connectivity index (χ3v) is 3.05. The van der Waals surface area contributed by atoms with Crippen LogP contribution in [0.3, 0.4) is 0 Å². The summed E-state index contributed by atoms with van der Waals surface area (Å²) in [6, 6.07) is 2.84. The maximum absolute atomic E-state index is 13.2. The summed E-state index contributed by atoms with van der Waals surface area (Å²) in [5, 5.41) is 13.7. The molecule has 1 aromatic rings. The van der Waals surface area contributed by atoms with Gasteiger partial charge in [-0.05, 0) is 43.0 Å². The number of benzene rings is 1.